The van der Waals surface area contributed by atoms with E-state index in [1.54, 1.807) is 6.07 Å². The van der Waals surface area contributed by atoms with Crippen LogP contribution in [0.15, 0.2) is 12.1 Å². The second-order valence-corrected chi connectivity index (χ2v) is 4.09. The lowest BCUT2D eigenvalue weighted by molar-refractivity contribution is 0.0651. The fraction of sp³-hybridized carbons (Fsp3) is 0.455. The van der Waals surface area contributed by atoms with Crippen molar-refractivity contribution in [3.8, 4) is 0 Å². The van der Waals surface area contributed by atoms with Gasteiger partial charge in [-0.25, -0.2) is 10.8 Å². The molecule has 0 saturated carbocycles. The van der Waals surface area contributed by atoms with E-state index in [0.29, 0.717) is 19.0 Å². The molecule has 19 heavy (non-hydrogen) atoms. The second kappa shape index (κ2) is 7.90. The van der Waals surface area contributed by atoms with Gasteiger partial charge in [-0.05, 0) is 12.1 Å². The predicted molar refractivity (Wildman–Crippen MR) is 71.9 cm³/mol. The van der Waals surface area contributed by atoms with E-state index < -0.39 is 0 Å². The molecule has 0 saturated heterocycles. The third-order valence-corrected chi connectivity index (χ3v) is 2.72. The summed E-state index contributed by atoms with van der Waals surface area (Å²) in [6, 6.07) is 3.09. The molecule has 0 unspecified atom stereocenters. The highest BCUT2D eigenvalue weighted by Crippen LogP contribution is 2.18. The van der Waals surface area contributed by atoms with Crippen molar-refractivity contribution in [1.29, 1.82) is 0 Å². The standard InChI is InChI=1S/C11H17ClN4O3/c1-19-7-5-16(4-6-17)11(18)10-8(12)2-3-9(14-10)15-13/h2-3,17H,4-7,13H2,1H3,(H,14,15). The van der Waals surface area contributed by atoms with Crippen LogP contribution in [-0.2, 0) is 4.74 Å². The number of nitrogens with one attached hydrogen (secondary N) is 1. The Morgan fingerprint density at radius 2 is 2.32 bits per heavy atom. The lowest BCUT2D eigenvalue weighted by Crippen LogP contribution is -2.37. The zero-order chi connectivity index (χ0) is 14.3. The van der Waals surface area contributed by atoms with Crippen molar-refractivity contribution in [2.75, 3.05) is 38.8 Å². The minimum absolute atomic E-state index is 0.0849. The van der Waals surface area contributed by atoms with Crippen molar-refractivity contribution in [1.82, 2.24) is 9.88 Å². The van der Waals surface area contributed by atoms with Crippen LogP contribution in [0.5, 0.6) is 0 Å². The van der Waals surface area contributed by atoms with Gasteiger partial charge in [0, 0.05) is 20.2 Å². The van der Waals surface area contributed by atoms with E-state index in [0.717, 1.165) is 0 Å². The number of hydrogen-bond acceptors (Lipinski definition) is 6. The van der Waals surface area contributed by atoms with E-state index in [4.69, 9.17) is 27.3 Å². The molecule has 7 nitrogen and oxygen atoms in total. The number of nitrogens with two attached hydrogens (primary N) is 1. The summed E-state index contributed by atoms with van der Waals surface area (Å²) in [6.07, 6.45) is 0. The molecule has 0 spiro atoms. The molecule has 0 bridgehead atoms. The van der Waals surface area contributed by atoms with Gasteiger partial charge in [0.25, 0.3) is 5.91 Å². The molecular formula is C11H17ClN4O3. The highest BCUT2D eigenvalue weighted by atomic mass is 35.5. The maximum absolute atomic E-state index is 12.3. The Morgan fingerprint density at radius 1 is 1.58 bits per heavy atom. The summed E-state index contributed by atoms with van der Waals surface area (Å²) in [7, 11) is 1.53. The minimum atomic E-state index is -0.381. The lowest BCUT2D eigenvalue weighted by Gasteiger charge is -2.21. The van der Waals surface area contributed by atoms with Gasteiger partial charge in [0.1, 0.15) is 11.5 Å². The molecule has 0 aliphatic carbocycles. The minimum Gasteiger partial charge on any atom is -0.395 e. The van der Waals surface area contributed by atoms with Gasteiger partial charge in [-0.3, -0.25) is 4.79 Å². The quantitative estimate of drug-likeness (QED) is 0.486. The van der Waals surface area contributed by atoms with Crippen molar-refractivity contribution in [3.63, 3.8) is 0 Å². The van der Waals surface area contributed by atoms with E-state index in [9.17, 15) is 4.79 Å². The highest BCUT2D eigenvalue weighted by molar-refractivity contribution is 6.33. The number of amides is 1. The number of aliphatic hydroxyl groups excluding tert-OH is 1. The van der Waals surface area contributed by atoms with Crippen molar-refractivity contribution in [3.05, 3.63) is 22.8 Å². The first kappa shape index (κ1) is 15.6. The Morgan fingerprint density at radius 3 is 2.89 bits per heavy atom. The molecule has 0 aromatic carbocycles. The third kappa shape index (κ3) is 4.32. The Hall–Kier alpha value is -1.41. The van der Waals surface area contributed by atoms with Crippen LogP contribution in [0.25, 0.3) is 0 Å². The van der Waals surface area contributed by atoms with Gasteiger partial charge in [-0.15, -0.1) is 0 Å². The molecule has 0 radical (unpaired) electrons. The van der Waals surface area contributed by atoms with Crippen molar-refractivity contribution in [2.45, 2.75) is 0 Å². The van der Waals surface area contributed by atoms with Crippen molar-refractivity contribution in [2.24, 2.45) is 5.84 Å². The van der Waals surface area contributed by atoms with Crippen molar-refractivity contribution < 1.29 is 14.6 Å². The van der Waals surface area contributed by atoms with Gasteiger partial charge in [0.15, 0.2) is 0 Å². The first-order valence-electron chi connectivity index (χ1n) is 5.66. The van der Waals surface area contributed by atoms with Crippen LogP contribution in [0.4, 0.5) is 5.82 Å². The van der Waals surface area contributed by atoms with Gasteiger partial charge in [0.2, 0.25) is 0 Å². The number of carbonyl (C=O) groups is 1. The molecule has 1 heterocycles. The third-order valence-electron chi connectivity index (χ3n) is 2.42. The number of halogens is 1. The summed E-state index contributed by atoms with van der Waals surface area (Å²) >= 11 is 5.95. The molecule has 8 heteroatoms. The van der Waals surface area contributed by atoms with Crippen LogP contribution in [0.1, 0.15) is 10.5 Å². The number of carbonyl (C=O) groups excluding carboxylic acids is 1. The van der Waals surface area contributed by atoms with Crippen LogP contribution in [0.3, 0.4) is 0 Å². The Labute approximate surface area is 116 Å². The average Bonchev–Trinajstić information content (AvgIpc) is 2.43. The fourth-order valence-electron chi connectivity index (χ4n) is 1.46. The number of rotatable bonds is 7. The topological polar surface area (TPSA) is 101 Å². The molecule has 0 aliphatic heterocycles. The first-order valence-corrected chi connectivity index (χ1v) is 6.04. The van der Waals surface area contributed by atoms with Crippen LogP contribution in [-0.4, -0.2) is 54.3 Å². The molecule has 1 rings (SSSR count). The molecule has 4 N–H and O–H groups in total. The van der Waals surface area contributed by atoms with E-state index >= 15 is 0 Å². The first-order chi connectivity index (χ1) is 9.13. The summed E-state index contributed by atoms with van der Waals surface area (Å²) in [6.45, 7) is 0.731. The van der Waals surface area contributed by atoms with Crippen LogP contribution < -0.4 is 11.3 Å². The van der Waals surface area contributed by atoms with Gasteiger partial charge in [0.05, 0.1) is 18.2 Å². The number of aliphatic hydroxyl groups is 1. The van der Waals surface area contributed by atoms with Gasteiger partial charge < -0.3 is 20.2 Å². The second-order valence-electron chi connectivity index (χ2n) is 3.68. The van der Waals surface area contributed by atoms with Gasteiger partial charge in [-0.1, -0.05) is 11.6 Å². The number of nitrogen functional groups attached to an aromatic ring is 1. The molecule has 0 aliphatic rings. The van der Waals surface area contributed by atoms with Crippen LogP contribution in [0.2, 0.25) is 5.02 Å². The van der Waals surface area contributed by atoms with E-state index in [1.807, 2.05) is 0 Å². The van der Waals surface area contributed by atoms with E-state index in [2.05, 4.69) is 10.4 Å². The monoisotopic (exact) mass is 288 g/mol. The van der Waals surface area contributed by atoms with Crippen molar-refractivity contribution >= 4 is 23.3 Å². The number of anilines is 1. The zero-order valence-corrected chi connectivity index (χ0v) is 11.4. The number of ether oxygens (including phenoxy) is 1. The summed E-state index contributed by atoms with van der Waals surface area (Å²) < 4.78 is 4.92. The zero-order valence-electron chi connectivity index (χ0n) is 10.6. The molecule has 0 fully saturated rings. The largest absolute Gasteiger partial charge is 0.395 e. The fourth-order valence-corrected chi connectivity index (χ4v) is 1.65. The Kier molecular flexibility index (Phi) is 6.51. The predicted octanol–water partition coefficient (Wildman–Crippen LogP) is 0.102. The number of nitrogens with zero attached hydrogens (tertiary/aromatic N) is 2. The summed E-state index contributed by atoms with van der Waals surface area (Å²) in [5, 5.41) is 9.21. The normalized spacial score (nSPS) is 10.3. The average molecular weight is 289 g/mol. The lowest BCUT2D eigenvalue weighted by atomic mass is 10.3. The molecular weight excluding hydrogens is 272 g/mol. The maximum atomic E-state index is 12.3. The van der Waals surface area contributed by atoms with E-state index in [1.165, 1.54) is 18.1 Å². The highest BCUT2D eigenvalue weighted by Gasteiger charge is 2.20. The number of hydrazine groups is 1. The number of pyridine rings is 1. The molecule has 106 valence electrons. The molecule has 1 aromatic rings. The molecule has 1 aromatic heterocycles. The smallest absolute Gasteiger partial charge is 0.274 e. The molecule has 0 atom stereocenters. The van der Waals surface area contributed by atoms with E-state index in [-0.39, 0.29) is 29.8 Å². The summed E-state index contributed by atoms with van der Waals surface area (Å²) in [5.41, 5.74) is 2.43. The number of hydrogen-bond donors (Lipinski definition) is 3. The Balaban J connectivity index is 2.94. The number of methoxy groups -OCH3 is 1. The van der Waals surface area contributed by atoms with Crippen LogP contribution in [0, 0.1) is 0 Å². The number of aromatic nitrogens is 1. The Bertz CT molecular complexity index is 430. The van der Waals surface area contributed by atoms with Gasteiger partial charge in [-0.2, -0.15) is 0 Å². The summed E-state index contributed by atoms with van der Waals surface area (Å²) in [4.78, 5) is 17.7. The summed E-state index contributed by atoms with van der Waals surface area (Å²) in [5.74, 6) is 5.20. The van der Waals surface area contributed by atoms with Crippen LogP contribution >= 0.6 is 11.6 Å². The molecule has 1 amide bonds. The SMILES string of the molecule is COCCN(CCO)C(=O)c1nc(NN)ccc1Cl. The van der Waals surface area contributed by atoms with Gasteiger partial charge >= 0.3 is 0 Å². The maximum Gasteiger partial charge on any atom is 0.274 e.